The third kappa shape index (κ3) is 6.88. The normalized spacial score (nSPS) is 21.8. The van der Waals surface area contributed by atoms with E-state index >= 15 is 0 Å². The summed E-state index contributed by atoms with van der Waals surface area (Å²) in [5, 5.41) is 6.98. The largest absolute Gasteiger partial charge is 0.381 e. The van der Waals surface area contributed by atoms with E-state index in [9.17, 15) is 0 Å². The average molecular weight is 214 g/mol. The Labute approximate surface area is 94.0 Å². The number of unbranched alkanes of at least 4 members (excludes halogenated alkanes) is 1. The molecule has 0 aromatic rings. The van der Waals surface area contributed by atoms with Gasteiger partial charge in [0.25, 0.3) is 0 Å². The molecule has 3 nitrogen and oxygen atoms in total. The zero-order valence-corrected chi connectivity index (χ0v) is 10.1. The first kappa shape index (κ1) is 12.9. The van der Waals surface area contributed by atoms with E-state index in [-0.39, 0.29) is 0 Å². The van der Waals surface area contributed by atoms with Gasteiger partial charge in [-0.15, -0.1) is 0 Å². The van der Waals surface area contributed by atoms with Gasteiger partial charge in [-0.05, 0) is 38.8 Å². The summed E-state index contributed by atoms with van der Waals surface area (Å²) in [6.07, 6.45) is 6.19. The molecule has 1 unspecified atom stereocenters. The van der Waals surface area contributed by atoms with Gasteiger partial charge >= 0.3 is 0 Å². The number of hydrogen-bond acceptors (Lipinski definition) is 3. The lowest BCUT2D eigenvalue weighted by Gasteiger charge is -2.23. The van der Waals surface area contributed by atoms with E-state index in [2.05, 4.69) is 17.6 Å². The molecule has 2 N–H and O–H groups in total. The quantitative estimate of drug-likeness (QED) is 0.601. The fraction of sp³-hybridized carbons (Fsp3) is 1.00. The number of piperidine rings is 1. The summed E-state index contributed by atoms with van der Waals surface area (Å²) in [5.74, 6) is 0. The molecule has 0 saturated carbocycles. The van der Waals surface area contributed by atoms with Crippen molar-refractivity contribution in [2.24, 2.45) is 0 Å². The van der Waals surface area contributed by atoms with Crippen LogP contribution in [0, 0.1) is 0 Å². The molecular weight excluding hydrogens is 188 g/mol. The van der Waals surface area contributed by atoms with Crippen molar-refractivity contribution in [3.8, 4) is 0 Å². The number of hydrogen-bond donors (Lipinski definition) is 2. The Morgan fingerprint density at radius 2 is 2.20 bits per heavy atom. The zero-order chi connectivity index (χ0) is 10.8. The third-order valence-electron chi connectivity index (χ3n) is 2.84. The Bertz CT molecular complexity index is 136. The summed E-state index contributed by atoms with van der Waals surface area (Å²) in [7, 11) is 0. The van der Waals surface area contributed by atoms with E-state index in [0.29, 0.717) is 6.04 Å². The third-order valence-corrected chi connectivity index (χ3v) is 2.84. The molecule has 1 heterocycles. The highest BCUT2D eigenvalue weighted by molar-refractivity contribution is 4.74. The Balaban J connectivity index is 1.79. The van der Waals surface area contributed by atoms with Crippen molar-refractivity contribution < 1.29 is 4.74 Å². The van der Waals surface area contributed by atoms with E-state index in [1.54, 1.807) is 0 Å². The minimum Gasteiger partial charge on any atom is -0.381 e. The molecule has 1 aliphatic heterocycles. The topological polar surface area (TPSA) is 33.3 Å². The molecule has 3 heteroatoms. The van der Waals surface area contributed by atoms with E-state index < -0.39 is 0 Å². The van der Waals surface area contributed by atoms with Crippen molar-refractivity contribution >= 4 is 0 Å². The van der Waals surface area contributed by atoms with Gasteiger partial charge in [-0.25, -0.2) is 0 Å². The maximum absolute atomic E-state index is 5.51. The van der Waals surface area contributed by atoms with Crippen LogP contribution in [-0.2, 0) is 4.74 Å². The highest BCUT2D eigenvalue weighted by atomic mass is 16.5. The Morgan fingerprint density at radius 3 is 2.93 bits per heavy atom. The SMILES string of the molecule is CCCCOCCCNC1CCCNC1. The van der Waals surface area contributed by atoms with Crippen molar-refractivity contribution in [2.45, 2.75) is 45.1 Å². The predicted molar refractivity (Wildman–Crippen MR) is 64.2 cm³/mol. The van der Waals surface area contributed by atoms with Crippen LogP contribution in [0.25, 0.3) is 0 Å². The van der Waals surface area contributed by atoms with Crippen LogP contribution in [0.3, 0.4) is 0 Å². The van der Waals surface area contributed by atoms with Crippen molar-refractivity contribution in [1.29, 1.82) is 0 Å². The standard InChI is InChI=1S/C12H26N2O/c1-2-3-9-15-10-5-8-14-12-6-4-7-13-11-12/h12-14H,2-11H2,1H3. The Kier molecular flexibility index (Phi) is 7.88. The molecule has 0 amide bonds. The minimum atomic E-state index is 0.689. The van der Waals surface area contributed by atoms with Gasteiger partial charge in [0, 0.05) is 25.8 Å². The van der Waals surface area contributed by atoms with Crippen LogP contribution in [0.15, 0.2) is 0 Å². The summed E-state index contributed by atoms with van der Waals surface area (Å²) < 4.78 is 5.51. The maximum atomic E-state index is 5.51. The summed E-state index contributed by atoms with van der Waals surface area (Å²) in [6, 6.07) is 0.689. The van der Waals surface area contributed by atoms with Crippen LogP contribution in [0.1, 0.15) is 39.0 Å². The second-order valence-corrected chi connectivity index (χ2v) is 4.32. The van der Waals surface area contributed by atoms with E-state index in [1.165, 1.54) is 32.2 Å². The molecular formula is C12H26N2O. The zero-order valence-electron chi connectivity index (χ0n) is 10.1. The number of rotatable bonds is 8. The molecule has 0 bridgehead atoms. The highest BCUT2D eigenvalue weighted by Gasteiger charge is 2.10. The summed E-state index contributed by atoms with van der Waals surface area (Å²) in [4.78, 5) is 0. The van der Waals surface area contributed by atoms with Gasteiger partial charge in [-0.3, -0.25) is 0 Å². The van der Waals surface area contributed by atoms with Crippen molar-refractivity contribution in [1.82, 2.24) is 10.6 Å². The summed E-state index contributed by atoms with van der Waals surface area (Å²) in [5.41, 5.74) is 0. The van der Waals surface area contributed by atoms with Crippen LogP contribution >= 0.6 is 0 Å². The van der Waals surface area contributed by atoms with Crippen molar-refractivity contribution in [3.05, 3.63) is 0 Å². The average Bonchev–Trinajstić information content (AvgIpc) is 2.29. The van der Waals surface area contributed by atoms with Gasteiger partial charge < -0.3 is 15.4 Å². The lowest BCUT2D eigenvalue weighted by Crippen LogP contribution is -2.43. The Morgan fingerprint density at radius 1 is 1.33 bits per heavy atom. The van der Waals surface area contributed by atoms with Crippen LogP contribution in [0.5, 0.6) is 0 Å². The second-order valence-electron chi connectivity index (χ2n) is 4.32. The molecule has 15 heavy (non-hydrogen) atoms. The monoisotopic (exact) mass is 214 g/mol. The second kappa shape index (κ2) is 9.13. The lowest BCUT2D eigenvalue weighted by atomic mass is 10.1. The number of ether oxygens (including phenoxy) is 1. The summed E-state index contributed by atoms with van der Waals surface area (Å²) in [6.45, 7) is 7.46. The molecule has 0 aliphatic carbocycles. The fourth-order valence-corrected chi connectivity index (χ4v) is 1.85. The molecule has 1 saturated heterocycles. The first-order valence-corrected chi connectivity index (χ1v) is 6.45. The molecule has 0 aromatic carbocycles. The van der Waals surface area contributed by atoms with Crippen molar-refractivity contribution in [2.75, 3.05) is 32.8 Å². The first-order valence-electron chi connectivity index (χ1n) is 6.45. The van der Waals surface area contributed by atoms with Crippen molar-refractivity contribution in [3.63, 3.8) is 0 Å². The molecule has 0 radical (unpaired) electrons. The van der Waals surface area contributed by atoms with Gasteiger partial charge in [0.1, 0.15) is 0 Å². The predicted octanol–water partition coefficient (Wildman–Crippen LogP) is 1.53. The fourth-order valence-electron chi connectivity index (χ4n) is 1.85. The molecule has 0 aromatic heterocycles. The Hall–Kier alpha value is -0.120. The lowest BCUT2D eigenvalue weighted by molar-refractivity contribution is 0.128. The molecule has 1 atom stereocenters. The highest BCUT2D eigenvalue weighted by Crippen LogP contribution is 2.00. The van der Waals surface area contributed by atoms with Gasteiger partial charge in [0.05, 0.1) is 0 Å². The van der Waals surface area contributed by atoms with Gasteiger partial charge in [0.2, 0.25) is 0 Å². The van der Waals surface area contributed by atoms with Gasteiger partial charge in [-0.2, -0.15) is 0 Å². The van der Waals surface area contributed by atoms with Gasteiger partial charge in [-0.1, -0.05) is 13.3 Å². The van der Waals surface area contributed by atoms with Crippen LogP contribution in [0.4, 0.5) is 0 Å². The molecule has 1 rings (SSSR count). The van der Waals surface area contributed by atoms with E-state index in [1.807, 2.05) is 0 Å². The van der Waals surface area contributed by atoms with E-state index in [4.69, 9.17) is 4.74 Å². The smallest absolute Gasteiger partial charge is 0.0478 e. The molecule has 0 spiro atoms. The van der Waals surface area contributed by atoms with Crippen LogP contribution in [-0.4, -0.2) is 38.9 Å². The molecule has 90 valence electrons. The van der Waals surface area contributed by atoms with Crippen LogP contribution in [0.2, 0.25) is 0 Å². The summed E-state index contributed by atoms with van der Waals surface area (Å²) >= 11 is 0. The van der Waals surface area contributed by atoms with Crippen LogP contribution < -0.4 is 10.6 Å². The van der Waals surface area contributed by atoms with Gasteiger partial charge in [0.15, 0.2) is 0 Å². The number of nitrogens with one attached hydrogen (secondary N) is 2. The molecule has 1 fully saturated rings. The van der Waals surface area contributed by atoms with E-state index in [0.717, 1.165) is 32.7 Å². The minimum absolute atomic E-state index is 0.689. The molecule has 1 aliphatic rings. The maximum Gasteiger partial charge on any atom is 0.0478 e. The first-order chi connectivity index (χ1) is 7.43.